The predicted octanol–water partition coefficient (Wildman–Crippen LogP) is 3.44. The summed E-state index contributed by atoms with van der Waals surface area (Å²) in [5, 5.41) is 0. The highest BCUT2D eigenvalue weighted by Gasteiger charge is 2.46. The molecule has 0 N–H and O–H groups in total. The molecule has 31 heavy (non-hydrogen) atoms. The summed E-state index contributed by atoms with van der Waals surface area (Å²) in [6.07, 6.45) is 6.56. The van der Waals surface area contributed by atoms with Crippen molar-refractivity contribution in [3.05, 3.63) is 35.9 Å². The minimum Gasteiger partial charge on any atom is -0.459 e. The minimum absolute atomic E-state index is 0.0577. The van der Waals surface area contributed by atoms with Crippen LogP contribution in [0.2, 0.25) is 0 Å². The lowest BCUT2D eigenvalue weighted by atomic mass is 9.94. The van der Waals surface area contributed by atoms with Crippen molar-refractivity contribution in [3.63, 3.8) is 0 Å². The zero-order valence-corrected chi connectivity index (χ0v) is 17.9. The Labute approximate surface area is 183 Å². The quantitative estimate of drug-likeness (QED) is 0.460. The molecule has 3 aliphatic rings. The van der Waals surface area contributed by atoms with Crippen LogP contribution in [-0.4, -0.2) is 62.3 Å². The molecule has 1 spiro atoms. The fraction of sp³-hybridized carbons (Fsp3) is 0.667. The Balaban J connectivity index is 1.43. The average Bonchev–Trinajstić information content (AvgIpc) is 3.21. The molecular formula is C24H32O7. The van der Waals surface area contributed by atoms with E-state index in [2.05, 4.69) is 0 Å². The van der Waals surface area contributed by atoms with Gasteiger partial charge in [0.2, 0.25) is 0 Å². The van der Waals surface area contributed by atoms with Gasteiger partial charge in [0.05, 0.1) is 24.4 Å². The fourth-order valence-corrected chi connectivity index (χ4v) is 4.67. The van der Waals surface area contributed by atoms with Gasteiger partial charge in [-0.2, -0.15) is 0 Å². The molecule has 7 heteroatoms. The zero-order chi connectivity index (χ0) is 21.5. The van der Waals surface area contributed by atoms with Gasteiger partial charge in [-0.1, -0.05) is 24.6 Å². The second-order valence-corrected chi connectivity index (χ2v) is 8.57. The molecule has 1 saturated carbocycles. The largest absolute Gasteiger partial charge is 0.459 e. The highest BCUT2D eigenvalue weighted by atomic mass is 16.8. The Morgan fingerprint density at radius 1 is 1.16 bits per heavy atom. The second kappa shape index (κ2) is 10.7. The number of aldehydes is 1. The van der Waals surface area contributed by atoms with Crippen molar-refractivity contribution < 1.29 is 33.3 Å². The Bertz CT molecular complexity index is 716. The van der Waals surface area contributed by atoms with E-state index in [1.54, 1.807) is 24.3 Å². The molecule has 2 saturated heterocycles. The van der Waals surface area contributed by atoms with E-state index in [0.717, 1.165) is 44.8 Å². The van der Waals surface area contributed by atoms with Crippen molar-refractivity contribution in [1.29, 1.82) is 0 Å². The van der Waals surface area contributed by atoms with Gasteiger partial charge in [0.25, 0.3) is 0 Å². The third kappa shape index (κ3) is 5.71. The van der Waals surface area contributed by atoms with Crippen molar-refractivity contribution in [1.82, 2.24) is 0 Å². The van der Waals surface area contributed by atoms with Gasteiger partial charge < -0.3 is 28.5 Å². The van der Waals surface area contributed by atoms with E-state index in [-0.39, 0.29) is 31.3 Å². The number of hydrogen-bond acceptors (Lipinski definition) is 7. The van der Waals surface area contributed by atoms with Crippen LogP contribution in [0, 0.1) is 0 Å². The van der Waals surface area contributed by atoms with Crippen LogP contribution in [0.4, 0.5) is 0 Å². The summed E-state index contributed by atoms with van der Waals surface area (Å²) in [7, 11) is 0. The van der Waals surface area contributed by atoms with Gasteiger partial charge in [-0.05, 0) is 37.8 Å². The first-order chi connectivity index (χ1) is 15.2. The van der Waals surface area contributed by atoms with Crippen LogP contribution in [0.3, 0.4) is 0 Å². The Morgan fingerprint density at radius 2 is 1.97 bits per heavy atom. The molecule has 0 amide bonds. The van der Waals surface area contributed by atoms with Crippen LogP contribution in [-0.2, 0) is 28.5 Å². The van der Waals surface area contributed by atoms with Crippen LogP contribution < -0.4 is 0 Å². The fourth-order valence-electron chi connectivity index (χ4n) is 4.67. The smallest absolute Gasteiger partial charge is 0.338 e. The molecule has 7 nitrogen and oxygen atoms in total. The molecule has 3 fully saturated rings. The second-order valence-electron chi connectivity index (χ2n) is 8.57. The highest BCUT2D eigenvalue weighted by Crippen LogP contribution is 2.39. The third-order valence-corrected chi connectivity index (χ3v) is 6.35. The summed E-state index contributed by atoms with van der Waals surface area (Å²) in [5.41, 5.74) is 0.494. The summed E-state index contributed by atoms with van der Waals surface area (Å²) < 4.78 is 30.2. The molecule has 170 valence electrons. The van der Waals surface area contributed by atoms with Crippen LogP contribution in [0.25, 0.3) is 0 Å². The molecule has 4 atom stereocenters. The van der Waals surface area contributed by atoms with Gasteiger partial charge in [0.15, 0.2) is 5.79 Å². The molecular weight excluding hydrogens is 400 g/mol. The number of rotatable bonds is 8. The van der Waals surface area contributed by atoms with Crippen molar-refractivity contribution in [3.8, 4) is 0 Å². The van der Waals surface area contributed by atoms with E-state index in [1.807, 2.05) is 6.07 Å². The van der Waals surface area contributed by atoms with Gasteiger partial charge >= 0.3 is 5.97 Å². The molecule has 0 radical (unpaired) electrons. The average molecular weight is 433 g/mol. The van der Waals surface area contributed by atoms with Crippen molar-refractivity contribution in [2.45, 2.75) is 81.6 Å². The Hall–Kier alpha value is -1.80. The van der Waals surface area contributed by atoms with E-state index >= 15 is 0 Å². The zero-order valence-electron chi connectivity index (χ0n) is 17.9. The Morgan fingerprint density at radius 3 is 2.74 bits per heavy atom. The van der Waals surface area contributed by atoms with E-state index in [1.165, 1.54) is 6.42 Å². The summed E-state index contributed by atoms with van der Waals surface area (Å²) in [4.78, 5) is 23.6. The summed E-state index contributed by atoms with van der Waals surface area (Å²) in [6.45, 7) is 1.08. The number of esters is 1. The minimum atomic E-state index is -0.542. The molecule has 0 unspecified atom stereocenters. The third-order valence-electron chi connectivity index (χ3n) is 6.35. The lowest BCUT2D eigenvalue weighted by Gasteiger charge is -2.36. The summed E-state index contributed by atoms with van der Waals surface area (Å²) in [6, 6.07) is 8.90. The molecule has 1 aliphatic carbocycles. The molecule has 4 rings (SSSR count). The van der Waals surface area contributed by atoms with Gasteiger partial charge in [-0.3, -0.25) is 0 Å². The first-order valence-electron chi connectivity index (χ1n) is 11.4. The van der Waals surface area contributed by atoms with E-state index in [4.69, 9.17) is 23.7 Å². The van der Waals surface area contributed by atoms with E-state index in [9.17, 15) is 9.59 Å². The highest BCUT2D eigenvalue weighted by molar-refractivity contribution is 5.89. The maximum atomic E-state index is 12.5. The van der Waals surface area contributed by atoms with E-state index in [0.29, 0.717) is 18.8 Å². The van der Waals surface area contributed by atoms with Crippen LogP contribution in [0.5, 0.6) is 0 Å². The first-order valence-corrected chi connectivity index (χ1v) is 11.4. The number of carbonyl (C=O) groups is 2. The van der Waals surface area contributed by atoms with Crippen molar-refractivity contribution in [2.24, 2.45) is 0 Å². The standard InChI is InChI=1S/C24H32O7/c25-14-11-19-20(10-7-15-27-19)30-21(16-28-23(26)18-8-3-1-4-9-18)22-17-29-24(31-22)12-5-2-6-13-24/h1,3-4,8-9,14,19-22H,2,5-7,10-13,15-17H2/t19-,20+,21-,22-/m0/s1. The van der Waals surface area contributed by atoms with Crippen molar-refractivity contribution >= 4 is 12.3 Å². The molecule has 1 aromatic carbocycles. The van der Waals surface area contributed by atoms with E-state index < -0.39 is 17.9 Å². The monoisotopic (exact) mass is 432 g/mol. The van der Waals surface area contributed by atoms with Crippen molar-refractivity contribution in [2.75, 3.05) is 19.8 Å². The summed E-state index contributed by atoms with van der Waals surface area (Å²) in [5.74, 6) is -0.941. The lowest BCUT2D eigenvalue weighted by Crippen LogP contribution is -2.45. The summed E-state index contributed by atoms with van der Waals surface area (Å²) >= 11 is 0. The maximum Gasteiger partial charge on any atom is 0.338 e. The van der Waals surface area contributed by atoms with Crippen LogP contribution >= 0.6 is 0 Å². The Kier molecular flexibility index (Phi) is 7.72. The van der Waals surface area contributed by atoms with Crippen LogP contribution in [0.1, 0.15) is 61.7 Å². The molecule has 0 bridgehead atoms. The first kappa shape index (κ1) is 22.4. The van der Waals surface area contributed by atoms with Gasteiger partial charge in [-0.15, -0.1) is 0 Å². The molecule has 1 aromatic rings. The SMILES string of the molecule is O=CC[C@@H]1OCCC[C@H]1O[C@@H](COC(=O)c1ccccc1)[C@@H]1COC2(CCCCC2)O1. The van der Waals surface area contributed by atoms with Gasteiger partial charge in [0.1, 0.15) is 25.1 Å². The lowest BCUT2D eigenvalue weighted by molar-refractivity contribution is -0.213. The van der Waals surface area contributed by atoms with Gasteiger partial charge in [0, 0.05) is 25.9 Å². The topological polar surface area (TPSA) is 80.3 Å². The molecule has 2 heterocycles. The van der Waals surface area contributed by atoms with Crippen LogP contribution in [0.15, 0.2) is 30.3 Å². The number of carbonyl (C=O) groups excluding carboxylic acids is 2. The molecule has 0 aromatic heterocycles. The normalized spacial score (nSPS) is 28.8. The van der Waals surface area contributed by atoms with Gasteiger partial charge in [-0.25, -0.2) is 4.79 Å². The number of benzene rings is 1. The molecule has 2 aliphatic heterocycles. The maximum absolute atomic E-state index is 12.5. The number of hydrogen-bond donors (Lipinski definition) is 0. The predicted molar refractivity (Wildman–Crippen MR) is 112 cm³/mol. The number of ether oxygens (including phenoxy) is 5.